The van der Waals surface area contributed by atoms with Gasteiger partial charge in [-0.05, 0) is 59.7 Å². The summed E-state index contributed by atoms with van der Waals surface area (Å²) in [7, 11) is 0. The number of aldehydes is 1. The fraction of sp³-hybridized carbons (Fsp3) is 0.320. The summed E-state index contributed by atoms with van der Waals surface area (Å²) in [6.45, 7) is 4.86. The number of aliphatic hydroxyl groups is 1. The van der Waals surface area contributed by atoms with Crippen LogP contribution < -0.4 is 5.32 Å². The van der Waals surface area contributed by atoms with E-state index in [1.54, 1.807) is 13.0 Å². The third-order valence-electron chi connectivity index (χ3n) is 5.39. The Morgan fingerprint density at radius 1 is 1.18 bits per heavy atom. The van der Waals surface area contributed by atoms with Crippen LogP contribution >= 0.6 is 0 Å². The third kappa shape index (κ3) is 5.93. The maximum atomic E-state index is 12.9. The van der Waals surface area contributed by atoms with Crippen LogP contribution in [0.1, 0.15) is 68.6 Å². The molecule has 2 aromatic rings. The summed E-state index contributed by atoms with van der Waals surface area (Å²) < 4.78 is 9.85. The minimum absolute atomic E-state index is 0.000325. The largest absolute Gasteiger partial charge is 0.428 e. The second-order valence-electron chi connectivity index (χ2n) is 7.78. The van der Waals surface area contributed by atoms with Crippen LogP contribution in [0.25, 0.3) is 17.2 Å². The van der Waals surface area contributed by atoms with Crippen molar-refractivity contribution in [3.8, 4) is 11.1 Å². The van der Waals surface area contributed by atoms with Crippen LogP contribution in [0.5, 0.6) is 0 Å². The minimum atomic E-state index is -0.939. The lowest BCUT2D eigenvalue weighted by Gasteiger charge is -2.15. The molecule has 178 valence electrons. The number of hydrogen-bond acceptors (Lipinski definition) is 8. The van der Waals surface area contributed by atoms with Crippen molar-refractivity contribution in [1.29, 1.82) is 0 Å². The number of esters is 2. The molecule has 0 saturated heterocycles. The summed E-state index contributed by atoms with van der Waals surface area (Å²) in [6.07, 6.45) is 4.34. The molecular weight excluding hydrogens is 440 g/mol. The van der Waals surface area contributed by atoms with Gasteiger partial charge in [0.1, 0.15) is 5.69 Å². The first-order valence-electron chi connectivity index (χ1n) is 10.9. The zero-order chi connectivity index (χ0) is 24.7. The quantitative estimate of drug-likeness (QED) is 0.294. The van der Waals surface area contributed by atoms with Gasteiger partial charge in [-0.25, -0.2) is 9.78 Å². The molecule has 1 aliphatic carbocycles. The van der Waals surface area contributed by atoms with Gasteiger partial charge < -0.3 is 19.9 Å². The highest BCUT2D eigenvalue weighted by Gasteiger charge is 2.25. The summed E-state index contributed by atoms with van der Waals surface area (Å²) in [6, 6.07) is 6.03. The lowest BCUT2D eigenvalue weighted by Crippen LogP contribution is -2.27. The summed E-state index contributed by atoms with van der Waals surface area (Å²) in [5.41, 5.74) is 1.58. The van der Waals surface area contributed by atoms with Crippen molar-refractivity contribution in [3.05, 3.63) is 58.9 Å². The first-order chi connectivity index (χ1) is 16.4. The van der Waals surface area contributed by atoms with Gasteiger partial charge in [-0.3, -0.25) is 14.4 Å². The molecule has 0 aliphatic heterocycles. The zero-order valence-corrected chi connectivity index (χ0v) is 18.8. The van der Waals surface area contributed by atoms with Crippen molar-refractivity contribution in [2.75, 3.05) is 13.3 Å². The fourth-order valence-electron chi connectivity index (χ4n) is 3.26. The molecule has 9 heteroatoms. The topological polar surface area (TPSA) is 132 Å². The maximum absolute atomic E-state index is 12.9. The molecule has 0 bridgehead atoms. The van der Waals surface area contributed by atoms with E-state index in [2.05, 4.69) is 16.9 Å². The summed E-state index contributed by atoms with van der Waals surface area (Å²) in [5, 5.41) is 12.5. The molecule has 0 atom stereocenters. The number of aromatic nitrogens is 1. The number of amides is 1. The highest BCUT2D eigenvalue weighted by atomic mass is 16.7. The molecule has 0 unspecified atom stereocenters. The number of carbonyl (C=O) groups is 4. The average molecular weight is 466 g/mol. The molecule has 1 aromatic heterocycles. The Morgan fingerprint density at radius 2 is 1.94 bits per heavy atom. The number of ether oxygens (including phenoxy) is 2. The van der Waals surface area contributed by atoms with Crippen molar-refractivity contribution >= 4 is 30.2 Å². The second kappa shape index (κ2) is 11.3. The Labute approximate surface area is 196 Å². The molecule has 0 spiro atoms. The Hall–Kier alpha value is -3.85. The molecule has 9 nitrogen and oxygen atoms in total. The van der Waals surface area contributed by atoms with Gasteiger partial charge in [0.05, 0.1) is 6.61 Å². The summed E-state index contributed by atoms with van der Waals surface area (Å²) in [4.78, 5) is 52.8. The smallest absolute Gasteiger partial charge is 0.360 e. The lowest BCUT2D eigenvalue weighted by atomic mass is 9.93. The van der Waals surface area contributed by atoms with E-state index in [0.29, 0.717) is 35.4 Å². The van der Waals surface area contributed by atoms with Gasteiger partial charge in [0.2, 0.25) is 6.79 Å². The highest BCUT2D eigenvalue weighted by molar-refractivity contribution is 6.01. The van der Waals surface area contributed by atoms with E-state index in [0.717, 1.165) is 12.8 Å². The van der Waals surface area contributed by atoms with Crippen LogP contribution in [0.2, 0.25) is 0 Å². The van der Waals surface area contributed by atoms with E-state index < -0.39 is 24.6 Å². The average Bonchev–Trinajstić information content (AvgIpc) is 3.70. The number of aliphatic hydroxyl groups excluding tert-OH is 1. The molecule has 1 aromatic carbocycles. The minimum Gasteiger partial charge on any atom is -0.428 e. The molecule has 1 fully saturated rings. The first kappa shape index (κ1) is 24.8. The molecule has 1 saturated carbocycles. The standard InChI is InChI=1S/C25H26N2O7/c1-3-16-9-18(13-29)20(10-17(16)12-28)19-7-8-21(24(31)26-11-15-5-6-15)27-23(19)25(32)34-14-33-22(30)4-2/h3,7-10,13,15,28H,1,4-6,11-12,14H2,2H3,(H,26,31). The Kier molecular flexibility index (Phi) is 8.26. The van der Waals surface area contributed by atoms with Crippen molar-refractivity contribution in [1.82, 2.24) is 10.3 Å². The van der Waals surface area contributed by atoms with Crippen LogP contribution in [-0.4, -0.2) is 47.6 Å². The first-order valence-corrected chi connectivity index (χ1v) is 10.9. The Bertz CT molecular complexity index is 1120. The van der Waals surface area contributed by atoms with Crippen LogP contribution in [0.15, 0.2) is 30.8 Å². The van der Waals surface area contributed by atoms with Gasteiger partial charge in [-0.2, -0.15) is 0 Å². The monoisotopic (exact) mass is 466 g/mol. The van der Waals surface area contributed by atoms with Crippen LogP contribution in [0, 0.1) is 5.92 Å². The lowest BCUT2D eigenvalue weighted by molar-refractivity contribution is -0.151. The van der Waals surface area contributed by atoms with Gasteiger partial charge in [-0.1, -0.05) is 19.6 Å². The van der Waals surface area contributed by atoms with E-state index in [-0.39, 0.29) is 35.5 Å². The summed E-state index contributed by atoms with van der Waals surface area (Å²) >= 11 is 0. The number of rotatable bonds is 11. The summed E-state index contributed by atoms with van der Waals surface area (Å²) in [5.74, 6) is -1.48. The van der Waals surface area contributed by atoms with E-state index in [4.69, 9.17) is 9.47 Å². The van der Waals surface area contributed by atoms with Crippen LogP contribution in [-0.2, 0) is 20.9 Å². The van der Waals surface area contributed by atoms with Crippen molar-refractivity contribution in [2.24, 2.45) is 5.92 Å². The molecule has 0 radical (unpaired) electrons. The number of benzene rings is 1. The second-order valence-corrected chi connectivity index (χ2v) is 7.78. The van der Waals surface area contributed by atoms with Crippen molar-refractivity contribution in [3.63, 3.8) is 0 Å². The van der Waals surface area contributed by atoms with Gasteiger partial charge >= 0.3 is 11.9 Å². The Morgan fingerprint density at radius 3 is 2.56 bits per heavy atom. The number of nitrogens with one attached hydrogen (secondary N) is 1. The molecule has 1 heterocycles. The van der Waals surface area contributed by atoms with Crippen molar-refractivity contribution in [2.45, 2.75) is 32.8 Å². The van der Waals surface area contributed by atoms with E-state index in [1.165, 1.54) is 24.3 Å². The predicted octanol–water partition coefficient (Wildman–Crippen LogP) is 2.90. The SMILES string of the molecule is C=Cc1cc(C=O)c(-c2ccc(C(=O)NCC3CC3)nc2C(=O)OCOC(=O)CC)cc1CO. The normalized spacial score (nSPS) is 12.5. The molecule has 3 rings (SSSR count). The van der Waals surface area contributed by atoms with Crippen molar-refractivity contribution < 1.29 is 33.8 Å². The Balaban J connectivity index is 2.02. The number of nitrogens with zero attached hydrogens (tertiary/aromatic N) is 1. The van der Waals surface area contributed by atoms with E-state index in [1.807, 2.05) is 0 Å². The third-order valence-corrected chi connectivity index (χ3v) is 5.39. The predicted molar refractivity (Wildman–Crippen MR) is 123 cm³/mol. The van der Waals surface area contributed by atoms with Crippen LogP contribution in [0.3, 0.4) is 0 Å². The van der Waals surface area contributed by atoms with Gasteiger partial charge in [-0.15, -0.1) is 0 Å². The molecule has 1 amide bonds. The highest BCUT2D eigenvalue weighted by Crippen LogP contribution is 2.30. The number of carbonyl (C=O) groups excluding carboxylic acids is 4. The van der Waals surface area contributed by atoms with Gasteiger partial charge in [0.25, 0.3) is 5.91 Å². The number of hydrogen-bond donors (Lipinski definition) is 2. The van der Waals surface area contributed by atoms with E-state index in [9.17, 15) is 24.3 Å². The zero-order valence-electron chi connectivity index (χ0n) is 18.8. The molecular formula is C25H26N2O7. The number of pyridine rings is 1. The van der Waals surface area contributed by atoms with Crippen LogP contribution in [0.4, 0.5) is 0 Å². The molecule has 2 N–H and O–H groups in total. The van der Waals surface area contributed by atoms with Gasteiger partial charge in [0.15, 0.2) is 12.0 Å². The molecule has 1 aliphatic rings. The van der Waals surface area contributed by atoms with E-state index >= 15 is 0 Å². The molecule has 34 heavy (non-hydrogen) atoms. The fourth-order valence-corrected chi connectivity index (χ4v) is 3.26. The van der Waals surface area contributed by atoms with Gasteiger partial charge in [0, 0.05) is 24.1 Å². The maximum Gasteiger partial charge on any atom is 0.360 e.